The molecule has 0 bridgehead atoms. The average molecular weight is 324 g/mol. The number of aryl methyl sites for hydroxylation is 1. The predicted molar refractivity (Wildman–Crippen MR) is 73.6 cm³/mol. The second kappa shape index (κ2) is 5.97. The second-order valence-electron chi connectivity index (χ2n) is 4.01. The van der Waals surface area contributed by atoms with Crippen LogP contribution < -0.4 is 0 Å². The van der Waals surface area contributed by atoms with Gasteiger partial charge in [-0.1, -0.05) is 34.1 Å². The maximum Gasteiger partial charge on any atom is 0.321 e. The van der Waals surface area contributed by atoms with Crippen LogP contribution in [0.15, 0.2) is 35.1 Å². The highest BCUT2D eigenvalue weighted by Gasteiger charge is 2.29. The number of ether oxygens (including phenoxy) is 1. The summed E-state index contributed by atoms with van der Waals surface area (Å²) in [4.78, 5) is 12.2. The average Bonchev–Trinajstić information content (AvgIpc) is 2.79. The standard InChI is InChI=1S/C13H14BrN3O2/c1-3-19-13(18)11(12-16-15-8-17(12)2)9-6-4-5-7-10(9)14/h4-8,11H,3H2,1-2H3. The molecule has 19 heavy (non-hydrogen) atoms. The molecule has 0 amide bonds. The van der Waals surface area contributed by atoms with Crippen LogP contribution >= 0.6 is 15.9 Å². The summed E-state index contributed by atoms with van der Waals surface area (Å²) in [5.41, 5.74) is 0.817. The predicted octanol–water partition coefficient (Wildman–Crippen LogP) is 2.27. The topological polar surface area (TPSA) is 57.0 Å². The molecule has 1 atom stereocenters. The minimum atomic E-state index is -0.581. The van der Waals surface area contributed by atoms with E-state index in [-0.39, 0.29) is 5.97 Å². The number of rotatable bonds is 4. The minimum absolute atomic E-state index is 0.328. The summed E-state index contributed by atoms with van der Waals surface area (Å²) in [6, 6.07) is 7.54. The first-order valence-electron chi connectivity index (χ1n) is 5.90. The van der Waals surface area contributed by atoms with E-state index in [9.17, 15) is 4.79 Å². The van der Waals surface area contributed by atoms with Crippen molar-refractivity contribution in [3.63, 3.8) is 0 Å². The Morgan fingerprint density at radius 3 is 2.79 bits per heavy atom. The number of hydrogen-bond donors (Lipinski definition) is 0. The largest absolute Gasteiger partial charge is 0.465 e. The molecule has 0 saturated heterocycles. The third-order valence-electron chi connectivity index (χ3n) is 2.74. The Morgan fingerprint density at radius 1 is 1.47 bits per heavy atom. The molecule has 0 aliphatic rings. The molecule has 1 unspecified atom stereocenters. The van der Waals surface area contributed by atoms with Crippen LogP contribution in [-0.2, 0) is 16.6 Å². The SMILES string of the molecule is CCOC(=O)C(c1ccccc1Br)c1nncn1C. The first kappa shape index (κ1) is 13.7. The number of nitrogens with zero attached hydrogens (tertiary/aromatic N) is 3. The van der Waals surface area contributed by atoms with Gasteiger partial charge < -0.3 is 9.30 Å². The third kappa shape index (κ3) is 2.84. The molecule has 100 valence electrons. The lowest BCUT2D eigenvalue weighted by Crippen LogP contribution is -2.21. The molecular weight excluding hydrogens is 310 g/mol. The molecular formula is C13H14BrN3O2. The van der Waals surface area contributed by atoms with E-state index in [4.69, 9.17) is 4.74 Å². The van der Waals surface area contributed by atoms with Crippen LogP contribution in [0.4, 0.5) is 0 Å². The summed E-state index contributed by atoms with van der Waals surface area (Å²) in [6.07, 6.45) is 1.57. The minimum Gasteiger partial charge on any atom is -0.465 e. The van der Waals surface area contributed by atoms with Crippen molar-refractivity contribution in [2.24, 2.45) is 7.05 Å². The number of hydrogen-bond acceptors (Lipinski definition) is 4. The molecule has 6 heteroatoms. The maximum absolute atomic E-state index is 12.2. The van der Waals surface area contributed by atoms with Crippen LogP contribution in [0.1, 0.15) is 24.2 Å². The van der Waals surface area contributed by atoms with Gasteiger partial charge in [0.2, 0.25) is 0 Å². The van der Waals surface area contributed by atoms with E-state index < -0.39 is 5.92 Å². The van der Waals surface area contributed by atoms with Crippen molar-refractivity contribution >= 4 is 21.9 Å². The van der Waals surface area contributed by atoms with E-state index in [1.54, 1.807) is 24.9 Å². The van der Waals surface area contributed by atoms with E-state index in [0.717, 1.165) is 10.0 Å². The first-order valence-corrected chi connectivity index (χ1v) is 6.69. The highest BCUT2D eigenvalue weighted by molar-refractivity contribution is 9.10. The van der Waals surface area contributed by atoms with Gasteiger partial charge in [-0.3, -0.25) is 4.79 Å². The maximum atomic E-state index is 12.2. The smallest absolute Gasteiger partial charge is 0.321 e. The Bertz CT molecular complexity index is 583. The van der Waals surface area contributed by atoms with Crippen molar-refractivity contribution in [1.29, 1.82) is 0 Å². The summed E-state index contributed by atoms with van der Waals surface area (Å²) in [5.74, 6) is -0.348. The van der Waals surface area contributed by atoms with E-state index in [2.05, 4.69) is 26.1 Å². The molecule has 0 saturated carbocycles. The van der Waals surface area contributed by atoms with E-state index in [0.29, 0.717) is 12.4 Å². The second-order valence-corrected chi connectivity index (χ2v) is 4.86. The number of halogens is 1. The Kier molecular flexibility index (Phi) is 4.31. The highest BCUT2D eigenvalue weighted by Crippen LogP contribution is 2.30. The van der Waals surface area contributed by atoms with Gasteiger partial charge in [-0.25, -0.2) is 0 Å². The number of benzene rings is 1. The van der Waals surface area contributed by atoms with Crippen LogP contribution in [0.3, 0.4) is 0 Å². The molecule has 1 heterocycles. The summed E-state index contributed by atoms with van der Waals surface area (Å²) >= 11 is 3.46. The molecule has 0 spiro atoms. The zero-order valence-electron chi connectivity index (χ0n) is 10.7. The fraction of sp³-hybridized carbons (Fsp3) is 0.308. The summed E-state index contributed by atoms with van der Waals surface area (Å²) in [6.45, 7) is 2.11. The molecule has 0 aliphatic heterocycles. The van der Waals surface area contributed by atoms with Crippen LogP contribution in [-0.4, -0.2) is 27.3 Å². The Balaban J connectivity index is 2.50. The number of carbonyl (C=O) groups is 1. The Hall–Kier alpha value is -1.69. The Labute approximate surface area is 119 Å². The Morgan fingerprint density at radius 2 is 2.21 bits per heavy atom. The quantitative estimate of drug-likeness (QED) is 0.810. The summed E-state index contributed by atoms with van der Waals surface area (Å²) in [7, 11) is 1.80. The van der Waals surface area contributed by atoms with Gasteiger partial charge in [0.15, 0.2) is 5.82 Å². The summed E-state index contributed by atoms with van der Waals surface area (Å²) < 4.78 is 7.72. The molecule has 1 aromatic carbocycles. The molecule has 2 rings (SSSR count). The monoisotopic (exact) mass is 323 g/mol. The molecule has 0 radical (unpaired) electrons. The highest BCUT2D eigenvalue weighted by atomic mass is 79.9. The fourth-order valence-electron chi connectivity index (χ4n) is 1.86. The third-order valence-corrected chi connectivity index (χ3v) is 3.47. The number of aromatic nitrogens is 3. The molecule has 5 nitrogen and oxygen atoms in total. The summed E-state index contributed by atoms with van der Waals surface area (Å²) in [5, 5.41) is 7.86. The lowest BCUT2D eigenvalue weighted by atomic mass is 9.98. The molecule has 2 aromatic rings. The van der Waals surface area contributed by atoms with Crippen molar-refractivity contribution in [3.05, 3.63) is 46.5 Å². The van der Waals surface area contributed by atoms with Crippen molar-refractivity contribution in [2.75, 3.05) is 6.61 Å². The molecule has 0 aliphatic carbocycles. The van der Waals surface area contributed by atoms with Crippen LogP contribution in [0.5, 0.6) is 0 Å². The van der Waals surface area contributed by atoms with Crippen molar-refractivity contribution in [2.45, 2.75) is 12.8 Å². The van der Waals surface area contributed by atoms with Crippen molar-refractivity contribution in [1.82, 2.24) is 14.8 Å². The van der Waals surface area contributed by atoms with Gasteiger partial charge in [-0.05, 0) is 18.6 Å². The normalized spacial score (nSPS) is 12.2. The van der Waals surface area contributed by atoms with Crippen LogP contribution in [0, 0.1) is 0 Å². The van der Waals surface area contributed by atoms with Crippen molar-refractivity contribution in [3.8, 4) is 0 Å². The van der Waals surface area contributed by atoms with Crippen LogP contribution in [0.2, 0.25) is 0 Å². The van der Waals surface area contributed by atoms with Gasteiger partial charge in [0.25, 0.3) is 0 Å². The van der Waals surface area contributed by atoms with Gasteiger partial charge in [0, 0.05) is 11.5 Å². The fourth-order valence-corrected chi connectivity index (χ4v) is 2.37. The van der Waals surface area contributed by atoms with E-state index >= 15 is 0 Å². The van der Waals surface area contributed by atoms with Gasteiger partial charge in [-0.2, -0.15) is 0 Å². The first-order chi connectivity index (χ1) is 9.15. The molecule has 1 aromatic heterocycles. The lowest BCUT2D eigenvalue weighted by Gasteiger charge is -2.16. The zero-order chi connectivity index (χ0) is 13.8. The van der Waals surface area contributed by atoms with Gasteiger partial charge >= 0.3 is 5.97 Å². The van der Waals surface area contributed by atoms with E-state index in [1.165, 1.54) is 0 Å². The van der Waals surface area contributed by atoms with Gasteiger partial charge in [0.1, 0.15) is 12.2 Å². The lowest BCUT2D eigenvalue weighted by molar-refractivity contribution is -0.144. The molecule has 0 fully saturated rings. The number of carbonyl (C=O) groups excluding carboxylic acids is 1. The molecule has 0 N–H and O–H groups in total. The van der Waals surface area contributed by atoms with Crippen LogP contribution in [0.25, 0.3) is 0 Å². The number of esters is 1. The van der Waals surface area contributed by atoms with Gasteiger partial charge in [-0.15, -0.1) is 10.2 Å². The zero-order valence-corrected chi connectivity index (χ0v) is 12.3. The van der Waals surface area contributed by atoms with E-state index in [1.807, 2.05) is 24.3 Å². The van der Waals surface area contributed by atoms with Crippen molar-refractivity contribution < 1.29 is 9.53 Å². The van der Waals surface area contributed by atoms with Gasteiger partial charge in [0.05, 0.1) is 6.61 Å².